The Balaban J connectivity index is -0.0000000771. The fourth-order valence-corrected chi connectivity index (χ4v) is 1.17. The van der Waals surface area contributed by atoms with Crippen molar-refractivity contribution < 1.29 is 33.3 Å². The molecule has 0 aliphatic carbocycles. The summed E-state index contributed by atoms with van der Waals surface area (Å²) in [6.45, 7) is 20.0. The Kier molecular flexibility index (Phi) is 40.9. The maximum Gasteiger partial charge on any atom is 0.490 e. The number of aliphatic hydroxyl groups excluding tert-OH is 2. The number of hydrogen-bond acceptors (Lipinski definition) is 4. The Morgan fingerprint density at radius 2 is 1.07 bits per heavy atom. The first-order valence-corrected chi connectivity index (χ1v) is 9.67. The lowest BCUT2D eigenvalue weighted by atomic mass is 10.2. The predicted octanol–water partition coefficient (Wildman–Crippen LogP) is 4.95. The second-order valence-electron chi connectivity index (χ2n) is 5.54. The molecule has 3 N–H and O–H groups in total. The third-order valence-electron chi connectivity index (χ3n) is 2.54. The van der Waals surface area contributed by atoms with E-state index in [4.69, 9.17) is 20.1 Å². The van der Waals surface area contributed by atoms with Gasteiger partial charge in [-0.15, -0.1) is 0 Å². The quantitative estimate of drug-likeness (QED) is 0.543. The van der Waals surface area contributed by atoms with Gasteiger partial charge < -0.3 is 20.2 Å². The van der Waals surface area contributed by atoms with Crippen LogP contribution >= 0.6 is 0 Å². The van der Waals surface area contributed by atoms with Gasteiger partial charge in [0, 0.05) is 12.7 Å². The molecule has 0 aromatic carbocycles. The third kappa shape index (κ3) is 67.3. The Morgan fingerprint density at radius 1 is 0.889 bits per heavy atom. The van der Waals surface area contributed by atoms with E-state index in [0.717, 1.165) is 0 Å². The number of hydrogen-bond donors (Lipinski definition) is 3. The topological polar surface area (TPSA) is 81.0 Å². The van der Waals surface area contributed by atoms with Crippen LogP contribution in [0.15, 0.2) is 0 Å². The van der Waals surface area contributed by atoms with Crippen LogP contribution in [0.5, 0.6) is 0 Å². The van der Waals surface area contributed by atoms with Crippen molar-refractivity contribution in [2.75, 3.05) is 26.2 Å². The molecular weight excluding hydrogens is 363 g/mol. The summed E-state index contributed by atoms with van der Waals surface area (Å²) in [5, 5.41) is 22.8. The van der Waals surface area contributed by atoms with Crippen LogP contribution in [0.4, 0.5) is 13.2 Å². The van der Waals surface area contributed by atoms with E-state index in [1.165, 1.54) is 45.3 Å². The van der Waals surface area contributed by atoms with Crippen molar-refractivity contribution in [2.45, 2.75) is 93.4 Å². The van der Waals surface area contributed by atoms with E-state index in [1.807, 2.05) is 0 Å². The molecule has 5 nitrogen and oxygen atoms in total. The first kappa shape index (κ1) is 37.0. The Bertz CT molecular complexity index is 248. The SMILES string of the molecule is CC(C)O.CCCCCC.CCN(CC)CC.CCO.O=C(O)C(F)(F)F. The van der Waals surface area contributed by atoms with Gasteiger partial charge in [0.15, 0.2) is 0 Å². The number of carbonyl (C=O) groups is 1. The van der Waals surface area contributed by atoms with Crippen LogP contribution in [0, 0.1) is 0 Å². The number of halogens is 3. The summed E-state index contributed by atoms with van der Waals surface area (Å²) < 4.78 is 31.7. The van der Waals surface area contributed by atoms with Crippen LogP contribution < -0.4 is 0 Å². The summed E-state index contributed by atoms with van der Waals surface area (Å²) in [5.41, 5.74) is 0. The van der Waals surface area contributed by atoms with Crippen LogP contribution in [0.25, 0.3) is 0 Å². The van der Waals surface area contributed by atoms with Crippen LogP contribution in [-0.2, 0) is 4.79 Å². The van der Waals surface area contributed by atoms with Gasteiger partial charge in [0.2, 0.25) is 0 Å². The molecule has 8 heteroatoms. The van der Waals surface area contributed by atoms with E-state index in [9.17, 15) is 13.2 Å². The first-order chi connectivity index (χ1) is 12.3. The van der Waals surface area contributed by atoms with Gasteiger partial charge >= 0.3 is 12.1 Å². The van der Waals surface area contributed by atoms with Gasteiger partial charge in [-0.1, -0.05) is 60.3 Å². The molecule has 0 heterocycles. The molecule has 0 amide bonds. The fourth-order valence-electron chi connectivity index (χ4n) is 1.17. The molecule has 0 atom stereocenters. The van der Waals surface area contributed by atoms with Crippen molar-refractivity contribution in [1.82, 2.24) is 4.90 Å². The number of rotatable bonds is 6. The van der Waals surface area contributed by atoms with Gasteiger partial charge in [-0.25, -0.2) is 4.79 Å². The van der Waals surface area contributed by atoms with Crippen LogP contribution in [0.1, 0.15) is 81.1 Å². The zero-order valence-electron chi connectivity index (χ0n) is 18.6. The number of unbranched alkanes of at least 4 members (excludes halogenated alkanes) is 3. The third-order valence-corrected chi connectivity index (χ3v) is 2.54. The lowest BCUT2D eigenvalue weighted by molar-refractivity contribution is -0.192. The molecule has 170 valence electrons. The van der Waals surface area contributed by atoms with Crippen molar-refractivity contribution in [3.63, 3.8) is 0 Å². The highest BCUT2D eigenvalue weighted by molar-refractivity contribution is 5.73. The van der Waals surface area contributed by atoms with Crippen LogP contribution in [0.3, 0.4) is 0 Å². The molecule has 0 fully saturated rings. The number of nitrogens with zero attached hydrogens (tertiary/aromatic N) is 1. The predicted molar refractivity (Wildman–Crippen MR) is 107 cm³/mol. The molecule has 0 aromatic rings. The van der Waals surface area contributed by atoms with E-state index in [1.54, 1.807) is 20.8 Å². The van der Waals surface area contributed by atoms with Crippen molar-refractivity contribution in [2.24, 2.45) is 0 Å². The molecule has 0 radical (unpaired) electrons. The Hall–Kier alpha value is -0.860. The van der Waals surface area contributed by atoms with E-state index in [0.29, 0.717) is 0 Å². The van der Waals surface area contributed by atoms with Crippen molar-refractivity contribution >= 4 is 5.97 Å². The van der Waals surface area contributed by atoms with E-state index in [-0.39, 0.29) is 12.7 Å². The average molecular weight is 408 g/mol. The molecule has 0 spiro atoms. The van der Waals surface area contributed by atoms with Gasteiger partial charge in [0.25, 0.3) is 0 Å². The first-order valence-electron chi connectivity index (χ1n) is 9.67. The lowest BCUT2D eigenvalue weighted by Crippen LogP contribution is -2.21. The lowest BCUT2D eigenvalue weighted by Gasteiger charge is -2.13. The van der Waals surface area contributed by atoms with Gasteiger partial charge in [0.05, 0.1) is 0 Å². The van der Waals surface area contributed by atoms with Gasteiger partial charge in [-0.05, 0) is 40.4 Å². The molecule has 0 aliphatic heterocycles. The summed E-state index contributed by atoms with van der Waals surface area (Å²) in [7, 11) is 0. The summed E-state index contributed by atoms with van der Waals surface area (Å²) in [5.74, 6) is -2.76. The Labute approximate surface area is 164 Å². The van der Waals surface area contributed by atoms with Crippen LogP contribution in [0.2, 0.25) is 0 Å². The van der Waals surface area contributed by atoms with Crippen molar-refractivity contribution in [1.29, 1.82) is 0 Å². The van der Waals surface area contributed by atoms with E-state index in [2.05, 4.69) is 39.5 Å². The van der Waals surface area contributed by atoms with Crippen molar-refractivity contribution in [3.05, 3.63) is 0 Å². The minimum atomic E-state index is -5.08. The average Bonchev–Trinajstić information content (AvgIpc) is 2.55. The summed E-state index contributed by atoms with van der Waals surface area (Å²) in [4.78, 5) is 11.3. The summed E-state index contributed by atoms with van der Waals surface area (Å²) in [6.07, 6.45) is 0.286. The zero-order valence-corrected chi connectivity index (χ0v) is 18.6. The van der Waals surface area contributed by atoms with Crippen LogP contribution in [-0.4, -0.2) is 64.7 Å². The summed E-state index contributed by atoms with van der Waals surface area (Å²) in [6, 6.07) is 0. The van der Waals surface area contributed by atoms with E-state index < -0.39 is 12.1 Å². The largest absolute Gasteiger partial charge is 0.490 e. The zero-order chi connectivity index (χ0) is 22.9. The molecule has 0 saturated heterocycles. The van der Waals surface area contributed by atoms with E-state index >= 15 is 0 Å². The van der Waals surface area contributed by atoms with Gasteiger partial charge in [0.1, 0.15) is 0 Å². The highest BCUT2D eigenvalue weighted by Gasteiger charge is 2.38. The Morgan fingerprint density at radius 3 is 1.11 bits per heavy atom. The summed E-state index contributed by atoms with van der Waals surface area (Å²) >= 11 is 0. The number of aliphatic hydroxyl groups is 2. The number of aliphatic carboxylic acids is 1. The molecule has 27 heavy (non-hydrogen) atoms. The highest BCUT2D eigenvalue weighted by Crippen LogP contribution is 2.13. The number of carboxylic acids is 1. The normalized spacial score (nSPS) is 9.59. The fraction of sp³-hybridized carbons (Fsp3) is 0.947. The molecular formula is C19H44F3NO4. The maximum absolute atomic E-state index is 10.6. The monoisotopic (exact) mass is 407 g/mol. The van der Waals surface area contributed by atoms with Gasteiger partial charge in [-0.2, -0.15) is 13.2 Å². The molecule has 0 rings (SSSR count). The molecule has 0 aromatic heterocycles. The second-order valence-corrected chi connectivity index (χ2v) is 5.54. The number of carboxylic acid groups (broad SMARTS) is 1. The minimum absolute atomic E-state index is 0.167. The maximum atomic E-state index is 10.6. The smallest absolute Gasteiger partial charge is 0.475 e. The molecule has 0 unspecified atom stereocenters. The van der Waals surface area contributed by atoms with Crippen molar-refractivity contribution in [3.8, 4) is 0 Å². The number of alkyl halides is 3. The highest BCUT2D eigenvalue weighted by atomic mass is 19.4. The second kappa shape index (κ2) is 29.9. The van der Waals surface area contributed by atoms with Gasteiger partial charge in [-0.3, -0.25) is 0 Å². The standard InChI is InChI=1S/C6H15N.C6H14.C3H8O.C2HF3O2.C2H6O/c1-4-7(5-2)6-3;1-3-5-6-4-2;1-3(2)4;3-2(4,5)1(6)7;1-2-3/h4-6H2,1-3H3;3-6H2,1-2H3;3-4H,1-2H3;(H,6,7);3H,2H2,1H3. The molecule has 0 aliphatic rings. The molecule has 0 bridgehead atoms. The molecule has 0 saturated carbocycles. The minimum Gasteiger partial charge on any atom is -0.475 e.